The molecule has 0 saturated heterocycles. The normalized spacial score (nSPS) is 12.9. The van der Waals surface area contributed by atoms with Crippen LogP contribution in [-0.2, 0) is 17.8 Å². The van der Waals surface area contributed by atoms with E-state index < -0.39 is 17.9 Å². The molecule has 0 saturated carbocycles. The average Bonchev–Trinajstić information content (AvgIpc) is 3.03. The summed E-state index contributed by atoms with van der Waals surface area (Å²) >= 11 is 6.11. The summed E-state index contributed by atoms with van der Waals surface area (Å²) in [5, 5.41) is 12.1. The number of hydrogen-bond acceptors (Lipinski definition) is 4. The molecule has 0 unspecified atom stereocenters. The van der Waals surface area contributed by atoms with Crippen LogP contribution in [0.25, 0.3) is 0 Å². The zero-order valence-electron chi connectivity index (χ0n) is 17.5. The van der Waals surface area contributed by atoms with E-state index in [4.69, 9.17) is 11.6 Å². The van der Waals surface area contributed by atoms with Crippen molar-refractivity contribution in [3.05, 3.63) is 52.1 Å². The Morgan fingerprint density at radius 3 is 2.47 bits per heavy atom. The molecule has 1 aromatic carbocycles. The maximum atomic E-state index is 12.5. The fourth-order valence-electron chi connectivity index (χ4n) is 3.15. The van der Waals surface area contributed by atoms with Gasteiger partial charge in [0.15, 0.2) is 11.4 Å². The molecule has 1 heterocycles. The number of benzene rings is 1. The highest BCUT2D eigenvalue weighted by molar-refractivity contribution is 6.31. The number of amides is 1. The summed E-state index contributed by atoms with van der Waals surface area (Å²) in [6.45, 7) is 6.15. The van der Waals surface area contributed by atoms with E-state index in [1.165, 1.54) is 0 Å². The smallest absolute Gasteiger partial charge is 0.326 e. The number of aldehydes is 1. The predicted octanol–water partition coefficient (Wildman–Crippen LogP) is 3.97. The van der Waals surface area contributed by atoms with Gasteiger partial charge in [-0.05, 0) is 30.0 Å². The number of carbonyl (C=O) groups is 3. The van der Waals surface area contributed by atoms with E-state index >= 15 is 0 Å². The monoisotopic (exact) mass is 433 g/mol. The van der Waals surface area contributed by atoms with Gasteiger partial charge in [-0.2, -0.15) is 0 Å². The molecule has 7 nitrogen and oxygen atoms in total. The van der Waals surface area contributed by atoms with Crippen molar-refractivity contribution < 1.29 is 19.5 Å². The third-order valence-corrected chi connectivity index (χ3v) is 5.51. The Kier molecular flexibility index (Phi) is 8.59. The number of unbranched alkanes of at least 4 members (excludes halogenated alkanes) is 1. The maximum absolute atomic E-state index is 12.5. The molecule has 2 N–H and O–H groups in total. The lowest BCUT2D eigenvalue weighted by molar-refractivity contribution is -0.140. The highest BCUT2D eigenvalue weighted by Gasteiger charge is 2.25. The Morgan fingerprint density at radius 2 is 1.93 bits per heavy atom. The number of carboxylic acids is 1. The molecule has 2 aromatic rings. The van der Waals surface area contributed by atoms with Crippen LogP contribution in [0.3, 0.4) is 0 Å². The van der Waals surface area contributed by atoms with Crippen molar-refractivity contribution in [2.75, 3.05) is 0 Å². The quantitative estimate of drug-likeness (QED) is 0.522. The first kappa shape index (κ1) is 23.6. The molecule has 1 amide bonds. The van der Waals surface area contributed by atoms with Gasteiger partial charge < -0.3 is 15.0 Å². The zero-order chi connectivity index (χ0) is 22.3. The van der Waals surface area contributed by atoms with E-state index in [1.54, 1.807) is 35.8 Å². The summed E-state index contributed by atoms with van der Waals surface area (Å²) in [6.07, 6.45) is 4.00. The minimum atomic E-state index is -1.05. The third kappa shape index (κ3) is 5.69. The van der Waals surface area contributed by atoms with Crippen LogP contribution in [0, 0.1) is 5.92 Å². The second-order valence-corrected chi connectivity index (χ2v) is 7.74. The van der Waals surface area contributed by atoms with Gasteiger partial charge in [0.05, 0.1) is 0 Å². The van der Waals surface area contributed by atoms with Gasteiger partial charge in [0.2, 0.25) is 0 Å². The molecule has 1 aromatic heterocycles. The lowest BCUT2D eigenvalue weighted by Crippen LogP contribution is -2.45. The van der Waals surface area contributed by atoms with Crippen molar-refractivity contribution in [1.29, 1.82) is 0 Å². The number of aliphatic carboxylic acids is 1. The molecule has 0 fully saturated rings. The van der Waals surface area contributed by atoms with Crippen molar-refractivity contribution in [1.82, 2.24) is 14.9 Å². The second-order valence-electron chi connectivity index (χ2n) is 7.38. The standard InChI is InChI=1S/C22H28ClN3O4/c1-4-6-7-18-24-20(23)17(13-27)26(18)12-15-8-10-16(11-9-15)21(28)25-19(22(29)30)14(3)5-2/h8-11,13-14,19H,4-7,12H2,1-3H3,(H,25,28)(H,29,30)/t14-,19-/m0/s1. The van der Waals surface area contributed by atoms with Gasteiger partial charge in [0.25, 0.3) is 5.91 Å². The molecule has 2 rings (SSSR count). The maximum Gasteiger partial charge on any atom is 0.326 e. The number of hydrogen-bond donors (Lipinski definition) is 2. The Morgan fingerprint density at radius 1 is 1.27 bits per heavy atom. The van der Waals surface area contributed by atoms with Crippen molar-refractivity contribution in [2.45, 2.75) is 59.0 Å². The zero-order valence-corrected chi connectivity index (χ0v) is 18.3. The van der Waals surface area contributed by atoms with Crippen molar-refractivity contribution >= 4 is 29.8 Å². The Bertz CT molecular complexity index is 893. The van der Waals surface area contributed by atoms with Crippen molar-refractivity contribution in [3.8, 4) is 0 Å². The molecule has 30 heavy (non-hydrogen) atoms. The molecular weight excluding hydrogens is 406 g/mol. The number of halogens is 1. The second kappa shape index (κ2) is 10.9. The number of aromatic nitrogens is 2. The van der Waals surface area contributed by atoms with Gasteiger partial charge >= 0.3 is 5.97 Å². The van der Waals surface area contributed by atoms with Crippen LogP contribution in [0.15, 0.2) is 24.3 Å². The van der Waals surface area contributed by atoms with Crippen LogP contribution < -0.4 is 5.32 Å². The van der Waals surface area contributed by atoms with E-state index in [0.29, 0.717) is 30.5 Å². The summed E-state index contributed by atoms with van der Waals surface area (Å²) < 4.78 is 1.80. The molecular formula is C22H28ClN3O4. The van der Waals surface area contributed by atoms with Gasteiger partial charge in [-0.1, -0.05) is 57.3 Å². The summed E-state index contributed by atoms with van der Waals surface area (Å²) in [5.74, 6) is -0.909. The third-order valence-electron chi connectivity index (χ3n) is 5.23. The van der Waals surface area contributed by atoms with Crippen LogP contribution in [0.1, 0.15) is 72.3 Å². The van der Waals surface area contributed by atoms with Crippen LogP contribution in [0.2, 0.25) is 5.15 Å². The molecule has 162 valence electrons. The molecule has 0 bridgehead atoms. The average molecular weight is 434 g/mol. The van der Waals surface area contributed by atoms with Gasteiger partial charge in [0, 0.05) is 18.5 Å². The summed E-state index contributed by atoms with van der Waals surface area (Å²) in [5.41, 5.74) is 1.58. The molecule has 0 radical (unpaired) electrons. The van der Waals surface area contributed by atoms with Crippen molar-refractivity contribution in [3.63, 3.8) is 0 Å². The first-order valence-corrected chi connectivity index (χ1v) is 10.5. The molecule has 0 spiro atoms. The van der Waals surface area contributed by atoms with E-state index in [1.807, 2.05) is 6.92 Å². The lowest BCUT2D eigenvalue weighted by Gasteiger charge is -2.20. The fourth-order valence-corrected chi connectivity index (χ4v) is 3.39. The summed E-state index contributed by atoms with van der Waals surface area (Å²) in [4.78, 5) is 39.7. The fraction of sp³-hybridized carbons (Fsp3) is 0.455. The van der Waals surface area contributed by atoms with E-state index in [2.05, 4.69) is 17.2 Å². The Balaban J connectivity index is 2.17. The molecule has 0 aliphatic heterocycles. The topological polar surface area (TPSA) is 101 Å². The molecule has 0 aliphatic rings. The lowest BCUT2D eigenvalue weighted by atomic mass is 9.99. The summed E-state index contributed by atoms with van der Waals surface area (Å²) in [7, 11) is 0. The highest BCUT2D eigenvalue weighted by atomic mass is 35.5. The largest absolute Gasteiger partial charge is 0.480 e. The van der Waals surface area contributed by atoms with Gasteiger partial charge in [-0.15, -0.1) is 0 Å². The first-order valence-electron chi connectivity index (χ1n) is 10.1. The van der Waals surface area contributed by atoms with E-state index in [-0.39, 0.29) is 11.1 Å². The summed E-state index contributed by atoms with van der Waals surface area (Å²) in [6, 6.07) is 5.90. The number of carbonyl (C=O) groups excluding carboxylic acids is 2. The molecule has 8 heteroatoms. The van der Waals surface area contributed by atoms with Gasteiger partial charge in [-0.3, -0.25) is 9.59 Å². The van der Waals surface area contributed by atoms with E-state index in [0.717, 1.165) is 30.7 Å². The number of nitrogens with zero attached hydrogens (tertiary/aromatic N) is 2. The Labute approximate surface area is 181 Å². The van der Waals surface area contributed by atoms with Crippen LogP contribution in [-0.4, -0.2) is 38.9 Å². The Hall–Kier alpha value is -2.67. The van der Waals surface area contributed by atoms with E-state index in [9.17, 15) is 19.5 Å². The number of imidazole rings is 1. The van der Waals surface area contributed by atoms with Gasteiger partial charge in [-0.25, -0.2) is 9.78 Å². The molecule has 2 atom stereocenters. The van der Waals surface area contributed by atoms with Gasteiger partial charge in [0.1, 0.15) is 17.6 Å². The van der Waals surface area contributed by atoms with Crippen LogP contribution in [0.5, 0.6) is 0 Å². The SMILES string of the molecule is CCCCc1nc(Cl)c(C=O)n1Cc1ccc(C(=O)N[C@H](C(=O)O)[C@@H](C)CC)cc1. The highest BCUT2D eigenvalue weighted by Crippen LogP contribution is 2.19. The number of carboxylic acid groups (broad SMARTS) is 1. The number of rotatable bonds is 11. The van der Waals surface area contributed by atoms with Crippen LogP contribution in [0.4, 0.5) is 0 Å². The molecule has 0 aliphatic carbocycles. The van der Waals surface area contributed by atoms with Crippen molar-refractivity contribution in [2.24, 2.45) is 5.92 Å². The number of aryl methyl sites for hydroxylation is 1. The van der Waals surface area contributed by atoms with Crippen LogP contribution >= 0.6 is 11.6 Å². The minimum Gasteiger partial charge on any atom is -0.480 e. The minimum absolute atomic E-state index is 0.181. The number of nitrogens with one attached hydrogen (secondary N) is 1. The first-order chi connectivity index (χ1) is 14.3. The predicted molar refractivity (Wildman–Crippen MR) is 115 cm³/mol.